The highest BCUT2D eigenvalue weighted by molar-refractivity contribution is 5.78. The van der Waals surface area contributed by atoms with Crippen LogP contribution in [0, 0.1) is 11.8 Å². The number of rotatable bonds is 22. The molecule has 0 bridgehead atoms. The van der Waals surface area contributed by atoms with Crippen molar-refractivity contribution in [3.8, 4) is 22.3 Å². The number of carbonyl (C=O) groups excluding carboxylic acids is 1. The van der Waals surface area contributed by atoms with Gasteiger partial charge in [0.15, 0.2) is 0 Å². The van der Waals surface area contributed by atoms with Gasteiger partial charge >= 0.3 is 0 Å². The molecule has 6 rings (SSSR count). The minimum atomic E-state index is 0.512. The molecule has 4 aromatic carbocycles. The maximum absolute atomic E-state index is 12.5. The SMILES string of the molecule is CCCc1ccc(-c2ccc(C3CCC(CCCCCCC(=O)CCCCCCC4CCC(c5ccc(-c6ccc(CCC)cc6)cc5)CC4)CC3)cc2)cc1. The molecule has 1 nitrogen and oxygen atoms in total. The van der Waals surface area contributed by atoms with Crippen LogP contribution in [0.25, 0.3) is 22.3 Å². The minimum absolute atomic E-state index is 0.512. The second-order valence-electron chi connectivity index (χ2n) is 18.0. The van der Waals surface area contributed by atoms with Crippen molar-refractivity contribution in [2.75, 3.05) is 0 Å². The van der Waals surface area contributed by atoms with E-state index in [-0.39, 0.29) is 0 Å². The lowest BCUT2D eigenvalue weighted by molar-refractivity contribution is -0.119. The van der Waals surface area contributed by atoms with E-state index in [2.05, 4.69) is 111 Å². The van der Waals surface area contributed by atoms with Gasteiger partial charge in [0.05, 0.1) is 0 Å². The average Bonchev–Trinajstić information content (AvgIpc) is 3.25. The van der Waals surface area contributed by atoms with E-state index in [0.29, 0.717) is 5.78 Å². The highest BCUT2D eigenvalue weighted by Gasteiger charge is 2.23. The lowest BCUT2D eigenvalue weighted by Gasteiger charge is -2.29. The van der Waals surface area contributed by atoms with Gasteiger partial charge in [-0.05, 0) is 145 Å². The summed E-state index contributed by atoms with van der Waals surface area (Å²) in [6.45, 7) is 4.49. The summed E-state index contributed by atoms with van der Waals surface area (Å²) in [6, 6.07) is 37.2. The first-order valence-corrected chi connectivity index (χ1v) is 23.5. The third-order valence-corrected chi connectivity index (χ3v) is 13.7. The zero-order chi connectivity index (χ0) is 38.8. The molecule has 0 saturated heterocycles. The molecule has 0 aromatic heterocycles. The van der Waals surface area contributed by atoms with Crippen LogP contribution in [0.5, 0.6) is 0 Å². The number of unbranched alkanes of at least 4 members (excludes halogenated alkanes) is 6. The molecular weight excluding hydrogens is 677 g/mol. The van der Waals surface area contributed by atoms with Crippen molar-refractivity contribution in [1.29, 1.82) is 0 Å². The monoisotopic (exact) mass is 751 g/mol. The summed E-state index contributed by atoms with van der Waals surface area (Å²) < 4.78 is 0. The predicted molar refractivity (Wildman–Crippen MR) is 242 cm³/mol. The second-order valence-corrected chi connectivity index (χ2v) is 18.0. The van der Waals surface area contributed by atoms with Crippen LogP contribution >= 0.6 is 0 Å². The summed E-state index contributed by atoms with van der Waals surface area (Å²) in [5.74, 6) is 3.80. The number of Topliss-reactive ketones (excluding diaryl/α,β-unsaturated/α-hetero) is 1. The second kappa shape index (κ2) is 23.1. The van der Waals surface area contributed by atoms with Gasteiger partial charge in [0.2, 0.25) is 0 Å². The molecule has 0 radical (unpaired) electrons. The van der Waals surface area contributed by atoms with Crippen LogP contribution in [0.2, 0.25) is 0 Å². The number of aryl methyl sites for hydroxylation is 2. The van der Waals surface area contributed by atoms with E-state index in [1.54, 1.807) is 0 Å². The molecule has 1 heteroatoms. The summed E-state index contributed by atoms with van der Waals surface area (Å²) in [5.41, 5.74) is 11.3. The van der Waals surface area contributed by atoms with Crippen molar-refractivity contribution in [2.45, 2.75) is 180 Å². The number of benzene rings is 4. The van der Waals surface area contributed by atoms with E-state index < -0.39 is 0 Å². The molecule has 56 heavy (non-hydrogen) atoms. The van der Waals surface area contributed by atoms with Crippen molar-refractivity contribution < 1.29 is 4.79 Å². The van der Waals surface area contributed by atoms with E-state index in [9.17, 15) is 4.79 Å². The average molecular weight is 751 g/mol. The summed E-state index contributed by atoms with van der Waals surface area (Å²) in [5, 5.41) is 0. The highest BCUT2D eigenvalue weighted by Crippen LogP contribution is 2.40. The van der Waals surface area contributed by atoms with E-state index in [1.807, 2.05) is 0 Å². The van der Waals surface area contributed by atoms with Gasteiger partial charge in [0.1, 0.15) is 5.78 Å². The maximum Gasteiger partial charge on any atom is 0.132 e. The van der Waals surface area contributed by atoms with Crippen LogP contribution < -0.4 is 0 Å². The number of hydrogen-bond acceptors (Lipinski definition) is 1. The Morgan fingerprint density at radius 3 is 1.07 bits per heavy atom. The Balaban J connectivity index is 0.738. The lowest BCUT2D eigenvalue weighted by Crippen LogP contribution is -2.13. The van der Waals surface area contributed by atoms with Gasteiger partial charge in [-0.2, -0.15) is 0 Å². The molecule has 300 valence electrons. The van der Waals surface area contributed by atoms with Crippen molar-refractivity contribution in [3.05, 3.63) is 119 Å². The summed E-state index contributed by atoms with van der Waals surface area (Å²) >= 11 is 0. The molecule has 2 fully saturated rings. The first-order valence-electron chi connectivity index (χ1n) is 23.5. The molecule has 2 aliphatic rings. The van der Waals surface area contributed by atoms with Gasteiger partial charge in [0.25, 0.3) is 0 Å². The van der Waals surface area contributed by atoms with E-state index in [0.717, 1.165) is 49.4 Å². The first kappa shape index (κ1) is 42.2. The Kier molecular flexibility index (Phi) is 17.4. The van der Waals surface area contributed by atoms with Gasteiger partial charge in [-0.3, -0.25) is 4.79 Å². The number of hydrogen-bond donors (Lipinski definition) is 0. The van der Waals surface area contributed by atoms with Gasteiger partial charge < -0.3 is 0 Å². The van der Waals surface area contributed by atoms with Crippen molar-refractivity contribution in [2.24, 2.45) is 11.8 Å². The van der Waals surface area contributed by atoms with Gasteiger partial charge in [0, 0.05) is 12.8 Å². The zero-order valence-corrected chi connectivity index (χ0v) is 35.4. The minimum Gasteiger partial charge on any atom is -0.300 e. The Hall–Kier alpha value is -3.45. The maximum atomic E-state index is 12.5. The summed E-state index contributed by atoms with van der Waals surface area (Å²) in [7, 11) is 0. The molecule has 0 spiro atoms. The van der Waals surface area contributed by atoms with Crippen LogP contribution in [0.1, 0.15) is 189 Å². The zero-order valence-electron chi connectivity index (χ0n) is 35.4. The van der Waals surface area contributed by atoms with Crippen LogP contribution in [0.15, 0.2) is 97.1 Å². The lowest BCUT2D eigenvalue weighted by atomic mass is 9.77. The fraction of sp³-hybridized carbons (Fsp3) is 0.545. The largest absolute Gasteiger partial charge is 0.300 e. The Bertz CT molecular complexity index is 1540. The molecule has 0 amide bonds. The smallest absolute Gasteiger partial charge is 0.132 e. The third kappa shape index (κ3) is 13.3. The molecule has 0 heterocycles. The molecule has 2 aliphatic carbocycles. The number of ketones is 1. The van der Waals surface area contributed by atoms with Crippen LogP contribution in [0.4, 0.5) is 0 Å². The quantitative estimate of drug-likeness (QED) is 0.0731. The Morgan fingerprint density at radius 2 is 0.732 bits per heavy atom. The first-order chi connectivity index (χ1) is 27.6. The predicted octanol–water partition coefficient (Wildman–Crippen LogP) is 16.4. The van der Waals surface area contributed by atoms with E-state index in [1.165, 1.54) is 173 Å². The molecule has 2 saturated carbocycles. The third-order valence-electron chi connectivity index (χ3n) is 13.7. The molecule has 0 N–H and O–H groups in total. The van der Waals surface area contributed by atoms with E-state index >= 15 is 0 Å². The van der Waals surface area contributed by atoms with Gasteiger partial charge in [-0.25, -0.2) is 0 Å². The van der Waals surface area contributed by atoms with Crippen molar-refractivity contribution in [1.82, 2.24) is 0 Å². The standard InChI is InChI=1S/C55H74O/c1-3-13-43-19-27-47(28-20-43)51-35-39-53(40-36-51)49-31-23-45(24-32-49)15-9-5-7-11-17-55(56)18-12-8-6-10-16-46-25-33-50(34-26-46)54-41-37-52(38-42-54)48-29-21-44(14-4-2)22-30-48/h19-22,27-30,35-42,45-46,49-50H,3-18,23-26,31-34H2,1-2H3. The molecule has 0 atom stereocenters. The van der Waals surface area contributed by atoms with E-state index in [4.69, 9.17) is 0 Å². The van der Waals surface area contributed by atoms with Gasteiger partial charge in [-0.1, -0.05) is 175 Å². The van der Waals surface area contributed by atoms with Crippen molar-refractivity contribution >= 4 is 5.78 Å². The summed E-state index contributed by atoms with van der Waals surface area (Å²) in [4.78, 5) is 12.5. The number of carbonyl (C=O) groups is 1. The summed E-state index contributed by atoms with van der Waals surface area (Å²) in [6.07, 6.45) is 30.0. The molecule has 4 aromatic rings. The van der Waals surface area contributed by atoms with Crippen molar-refractivity contribution in [3.63, 3.8) is 0 Å². The molecule has 0 unspecified atom stereocenters. The topological polar surface area (TPSA) is 17.1 Å². The molecule has 0 aliphatic heterocycles. The normalized spacial score (nSPS) is 19.9. The fourth-order valence-corrected chi connectivity index (χ4v) is 10.1. The van der Waals surface area contributed by atoms with Crippen LogP contribution in [0.3, 0.4) is 0 Å². The Morgan fingerprint density at radius 1 is 0.411 bits per heavy atom. The van der Waals surface area contributed by atoms with Gasteiger partial charge in [-0.15, -0.1) is 0 Å². The van der Waals surface area contributed by atoms with Crippen LogP contribution in [-0.4, -0.2) is 5.78 Å². The Labute approximate surface area is 342 Å². The van der Waals surface area contributed by atoms with Crippen LogP contribution in [-0.2, 0) is 17.6 Å². The molecular formula is C55H74O. The fourth-order valence-electron chi connectivity index (χ4n) is 10.1. The highest BCUT2D eigenvalue weighted by atomic mass is 16.1.